The number of carbonyl (C=O) groups excluding carboxylic acids is 2. The average molecular weight is 302 g/mol. The minimum absolute atomic E-state index is 0.289. The topological polar surface area (TPSA) is 88.4 Å². The van der Waals surface area contributed by atoms with Crippen molar-refractivity contribution in [3.05, 3.63) is 24.3 Å². The lowest BCUT2D eigenvalue weighted by Gasteiger charge is -2.17. The predicted octanol–water partition coefficient (Wildman–Crippen LogP) is 3.24. The number of benzene rings is 1. The summed E-state index contributed by atoms with van der Waals surface area (Å²) in [6.45, 7) is 2.01. The molecule has 0 saturated heterocycles. The highest BCUT2D eigenvalue weighted by Crippen LogP contribution is 2.38. The second-order valence-electron chi connectivity index (χ2n) is 5.16. The zero-order chi connectivity index (χ0) is 16.0. The van der Waals surface area contributed by atoms with Gasteiger partial charge in [0, 0.05) is 5.69 Å². The number of nitrogens with zero attached hydrogens (tertiary/aromatic N) is 1. The molecule has 0 radical (unpaired) electrons. The van der Waals surface area contributed by atoms with Gasteiger partial charge in [0.25, 0.3) is 0 Å². The minimum Gasteiger partial charge on any atom is -0.450 e. The van der Waals surface area contributed by atoms with Crippen LogP contribution in [0.5, 0.6) is 5.75 Å². The van der Waals surface area contributed by atoms with E-state index in [-0.39, 0.29) is 6.61 Å². The lowest BCUT2D eigenvalue weighted by atomic mass is 9.88. The highest BCUT2D eigenvalue weighted by atomic mass is 16.5. The lowest BCUT2D eigenvalue weighted by molar-refractivity contribution is -0.142. The van der Waals surface area contributed by atoms with Gasteiger partial charge in [0.1, 0.15) is 5.75 Å². The third kappa shape index (κ3) is 3.55. The Bertz CT molecular complexity index is 583. The molecule has 1 aromatic carbocycles. The molecule has 1 aliphatic rings. The van der Waals surface area contributed by atoms with Gasteiger partial charge in [0.05, 0.1) is 12.7 Å². The summed E-state index contributed by atoms with van der Waals surface area (Å²) < 4.78 is 10.1. The summed E-state index contributed by atoms with van der Waals surface area (Å²) in [5.74, 6) is -0.153. The monoisotopic (exact) mass is 302 g/mol. The summed E-state index contributed by atoms with van der Waals surface area (Å²) in [5, 5.41) is 11.8. The van der Waals surface area contributed by atoms with Crippen LogP contribution in [-0.2, 0) is 9.53 Å². The number of esters is 1. The van der Waals surface area contributed by atoms with Gasteiger partial charge >= 0.3 is 12.1 Å². The van der Waals surface area contributed by atoms with Crippen LogP contribution >= 0.6 is 0 Å². The highest BCUT2D eigenvalue weighted by Gasteiger charge is 2.43. The Morgan fingerprint density at radius 1 is 1.27 bits per heavy atom. The van der Waals surface area contributed by atoms with Gasteiger partial charge in [-0.3, -0.25) is 5.32 Å². The molecule has 0 aromatic heterocycles. The van der Waals surface area contributed by atoms with Gasteiger partial charge < -0.3 is 9.47 Å². The van der Waals surface area contributed by atoms with Crippen LogP contribution in [0.2, 0.25) is 0 Å². The number of hydrogen-bond donors (Lipinski definition) is 1. The van der Waals surface area contributed by atoms with Crippen molar-refractivity contribution in [2.75, 3.05) is 11.9 Å². The van der Waals surface area contributed by atoms with Crippen molar-refractivity contribution in [2.45, 2.75) is 32.6 Å². The Kier molecular flexibility index (Phi) is 4.99. The van der Waals surface area contributed by atoms with E-state index < -0.39 is 17.5 Å². The molecule has 2 rings (SSSR count). The molecule has 6 nitrogen and oxygen atoms in total. The van der Waals surface area contributed by atoms with Gasteiger partial charge in [-0.05, 0) is 44.0 Å². The third-order valence-corrected chi connectivity index (χ3v) is 3.65. The Labute approximate surface area is 129 Å². The normalized spacial score (nSPS) is 15.6. The summed E-state index contributed by atoms with van der Waals surface area (Å²) >= 11 is 0. The minimum atomic E-state index is -1.01. The van der Waals surface area contributed by atoms with Crippen LogP contribution in [0, 0.1) is 16.7 Å². The van der Waals surface area contributed by atoms with Crippen molar-refractivity contribution < 1.29 is 19.1 Å². The number of hydrogen-bond acceptors (Lipinski definition) is 5. The fourth-order valence-electron chi connectivity index (χ4n) is 2.44. The predicted molar refractivity (Wildman–Crippen MR) is 79.2 cm³/mol. The molecule has 0 heterocycles. The maximum atomic E-state index is 12.2. The first-order valence-electron chi connectivity index (χ1n) is 7.27. The van der Waals surface area contributed by atoms with Crippen molar-refractivity contribution in [3.63, 3.8) is 0 Å². The Morgan fingerprint density at radius 2 is 1.91 bits per heavy atom. The molecule has 1 N–H and O–H groups in total. The molecule has 1 fully saturated rings. The first kappa shape index (κ1) is 15.8. The zero-order valence-corrected chi connectivity index (χ0v) is 12.4. The Balaban J connectivity index is 1.98. The van der Waals surface area contributed by atoms with E-state index in [2.05, 4.69) is 11.4 Å². The fourth-order valence-corrected chi connectivity index (χ4v) is 2.44. The first-order chi connectivity index (χ1) is 10.6. The number of amides is 1. The maximum Gasteiger partial charge on any atom is 0.411 e. The molecule has 1 saturated carbocycles. The van der Waals surface area contributed by atoms with E-state index in [1.807, 2.05) is 0 Å². The van der Waals surface area contributed by atoms with Crippen LogP contribution in [0.15, 0.2) is 24.3 Å². The largest absolute Gasteiger partial charge is 0.450 e. The van der Waals surface area contributed by atoms with Crippen molar-refractivity contribution in [3.8, 4) is 11.8 Å². The second-order valence-corrected chi connectivity index (χ2v) is 5.16. The van der Waals surface area contributed by atoms with E-state index in [9.17, 15) is 14.9 Å². The summed E-state index contributed by atoms with van der Waals surface area (Å²) in [6.07, 6.45) is 2.29. The van der Waals surface area contributed by atoms with E-state index in [0.29, 0.717) is 24.3 Å². The molecule has 22 heavy (non-hydrogen) atoms. The Hall–Kier alpha value is -2.55. The third-order valence-electron chi connectivity index (χ3n) is 3.65. The van der Waals surface area contributed by atoms with Crippen molar-refractivity contribution in [2.24, 2.45) is 5.41 Å². The van der Waals surface area contributed by atoms with Crippen molar-refractivity contribution >= 4 is 17.7 Å². The molecule has 1 amide bonds. The molecule has 6 heteroatoms. The van der Waals surface area contributed by atoms with Gasteiger partial charge in [-0.2, -0.15) is 5.26 Å². The number of anilines is 1. The second kappa shape index (κ2) is 6.94. The van der Waals surface area contributed by atoms with E-state index in [1.54, 1.807) is 31.2 Å². The van der Waals surface area contributed by atoms with Crippen molar-refractivity contribution in [1.82, 2.24) is 0 Å². The number of nitriles is 1. The van der Waals surface area contributed by atoms with Crippen LogP contribution in [0.3, 0.4) is 0 Å². The van der Waals surface area contributed by atoms with Crippen LogP contribution in [0.1, 0.15) is 32.6 Å². The van der Waals surface area contributed by atoms with Crippen LogP contribution in [0.25, 0.3) is 0 Å². The molecular formula is C16H18N2O4. The summed E-state index contributed by atoms with van der Waals surface area (Å²) in [4.78, 5) is 23.5. The van der Waals surface area contributed by atoms with Gasteiger partial charge in [-0.25, -0.2) is 9.59 Å². The summed E-state index contributed by atoms with van der Waals surface area (Å²) in [5.41, 5.74) is -0.476. The standard InChI is InChI=1S/C16H18N2O4/c1-2-21-15(20)18-12-5-7-13(8-6-12)22-14(19)16(11-17)9-3-4-10-16/h5-8H,2-4,9-10H2,1H3,(H,18,20). The Morgan fingerprint density at radius 3 is 2.45 bits per heavy atom. The fraction of sp³-hybridized carbons (Fsp3) is 0.438. The van der Waals surface area contributed by atoms with E-state index in [1.165, 1.54) is 0 Å². The van der Waals surface area contributed by atoms with Crippen LogP contribution < -0.4 is 10.1 Å². The van der Waals surface area contributed by atoms with E-state index >= 15 is 0 Å². The zero-order valence-electron chi connectivity index (χ0n) is 12.4. The van der Waals surface area contributed by atoms with Crippen molar-refractivity contribution in [1.29, 1.82) is 5.26 Å². The quantitative estimate of drug-likeness (QED) is 0.681. The van der Waals surface area contributed by atoms with Crippen LogP contribution in [-0.4, -0.2) is 18.7 Å². The smallest absolute Gasteiger partial charge is 0.411 e. The van der Waals surface area contributed by atoms with Crippen LogP contribution in [0.4, 0.5) is 10.5 Å². The van der Waals surface area contributed by atoms with Gasteiger partial charge in [-0.1, -0.05) is 12.8 Å². The molecular weight excluding hydrogens is 284 g/mol. The summed E-state index contributed by atoms with van der Waals surface area (Å²) in [6, 6.07) is 8.45. The molecule has 0 atom stereocenters. The molecule has 0 bridgehead atoms. The number of rotatable bonds is 4. The molecule has 1 aromatic rings. The van der Waals surface area contributed by atoms with Gasteiger partial charge in [0.15, 0.2) is 5.41 Å². The van der Waals surface area contributed by atoms with Gasteiger partial charge in [-0.15, -0.1) is 0 Å². The number of ether oxygens (including phenoxy) is 2. The molecule has 1 aliphatic carbocycles. The first-order valence-corrected chi connectivity index (χ1v) is 7.27. The lowest BCUT2D eigenvalue weighted by Crippen LogP contribution is -2.30. The maximum absolute atomic E-state index is 12.2. The molecule has 116 valence electrons. The summed E-state index contributed by atoms with van der Waals surface area (Å²) in [7, 11) is 0. The SMILES string of the molecule is CCOC(=O)Nc1ccc(OC(=O)C2(C#N)CCCC2)cc1. The highest BCUT2D eigenvalue weighted by molar-refractivity contribution is 5.85. The molecule has 0 spiro atoms. The molecule has 0 unspecified atom stereocenters. The average Bonchev–Trinajstić information content (AvgIpc) is 3.00. The number of nitrogens with one attached hydrogen (secondary N) is 1. The van der Waals surface area contributed by atoms with E-state index in [4.69, 9.17) is 9.47 Å². The number of carbonyl (C=O) groups is 2. The van der Waals surface area contributed by atoms with Gasteiger partial charge in [0.2, 0.25) is 0 Å². The molecule has 0 aliphatic heterocycles. The van der Waals surface area contributed by atoms with E-state index in [0.717, 1.165) is 12.8 Å².